The summed E-state index contributed by atoms with van der Waals surface area (Å²) in [6.07, 6.45) is 6.87. The minimum atomic E-state index is 0.167. The molecule has 1 amide bonds. The number of piperidine rings is 1. The summed E-state index contributed by atoms with van der Waals surface area (Å²) in [7, 11) is 3.87. The van der Waals surface area contributed by atoms with Crippen molar-refractivity contribution in [2.45, 2.75) is 32.0 Å². The van der Waals surface area contributed by atoms with Gasteiger partial charge in [0.1, 0.15) is 0 Å². The number of hydrogen-bond acceptors (Lipinski definition) is 5. The van der Waals surface area contributed by atoms with Gasteiger partial charge in [0.05, 0.1) is 32.5 Å². The number of aromatic nitrogens is 1. The summed E-state index contributed by atoms with van der Waals surface area (Å²) in [4.78, 5) is 20.2. The summed E-state index contributed by atoms with van der Waals surface area (Å²) >= 11 is 0. The molecule has 0 aromatic carbocycles. The van der Waals surface area contributed by atoms with Crippen LogP contribution in [0.15, 0.2) is 24.5 Å². The molecule has 2 fully saturated rings. The number of pyridine rings is 1. The first-order valence-electron chi connectivity index (χ1n) is 9.07. The highest BCUT2D eigenvalue weighted by atomic mass is 16.5. The van der Waals surface area contributed by atoms with Gasteiger partial charge in [0, 0.05) is 25.5 Å². The molecule has 0 saturated carbocycles. The summed E-state index contributed by atoms with van der Waals surface area (Å²) in [5.74, 6) is 0.232. The van der Waals surface area contributed by atoms with Gasteiger partial charge in [-0.2, -0.15) is 0 Å². The van der Waals surface area contributed by atoms with Gasteiger partial charge in [-0.1, -0.05) is 6.07 Å². The molecule has 2 aliphatic heterocycles. The van der Waals surface area contributed by atoms with E-state index in [2.05, 4.69) is 4.98 Å². The molecule has 0 radical (unpaired) electrons. The largest absolute Gasteiger partial charge is 0.375 e. The van der Waals surface area contributed by atoms with E-state index in [0.717, 1.165) is 44.5 Å². The van der Waals surface area contributed by atoms with Crippen molar-refractivity contribution in [3.63, 3.8) is 0 Å². The van der Waals surface area contributed by atoms with Crippen LogP contribution in [0.25, 0.3) is 0 Å². The molecule has 0 bridgehead atoms. The summed E-state index contributed by atoms with van der Waals surface area (Å²) in [6.45, 7) is 4.18. The first-order chi connectivity index (χ1) is 12.1. The summed E-state index contributed by atoms with van der Waals surface area (Å²) in [5.41, 5.74) is 1.32. The second-order valence-corrected chi connectivity index (χ2v) is 7.63. The van der Waals surface area contributed by atoms with Crippen molar-refractivity contribution >= 4 is 5.91 Å². The quantitative estimate of drug-likeness (QED) is 0.782. The monoisotopic (exact) mass is 347 g/mol. The third-order valence-electron chi connectivity index (χ3n) is 5.21. The Morgan fingerprint density at radius 2 is 2.24 bits per heavy atom. The predicted octanol–water partition coefficient (Wildman–Crippen LogP) is 1.56. The predicted molar refractivity (Wildman–Crippen MR) is 95.1 cm³/mol. The third-order valence-corrected chi connectivity index (χ3v) is 5.21. The Balaban J connectivity index is 1.40. The normalized spacial score (nSPS) is 22.7. The first kappa shape index (κ1) is 18.3. The maximum absolute atomic E-state index is 12.2. The molecule has 138 valence electrons. The van der Waals surface area contributed by atoms with E-state index in [1.807, 2.05) is 42.2 Å². The van der Waals surface area contributed by atoms with Gasteiger partial charge in [0.2, 0.25) is 5.91 Å². The lowest BCUT2D eigenvalue weighted by Crippen LogP contribution is -2.46. The fourth-order valence-corrected chi connectivity index (χ4v) is 3.74. The highest BCUT2D eigenvalue weighted by molar-refractivity contribution is 5.78. The molecule has 0 N–H and O–H groups in total. The van der Waals surface area contributed by atoms with Crippen LogP contribution < -0.4 is 0 Å². The van der Waals surface area contributed by atoms with Crippen LogP contribution in [0.1, 0.15) is 24.8 Å². The van der Waals surface area contributed by atoms with Crippen molar-refractivity contribution in [1.29, 1.82) is 0 Å². The number of carbonyl (C=O) groups excluding carboxylic acids is 1. The standard InChI is InChI=1S/C19H29N3O3/c1-21(2)12-18(23)22-8-5-19(6-9-22)10-17(25-15-19)14-24-13-16-4-3-7-20-11-16/h3-4,7,11,17H,5-6,8-10,12-15H2,1-2H3/t17-/m1/s1. The molecule has 1 atom stereocenters. The van der Waals surface area contributed by atoms with Crippen LogP contribution in [-0.2, 0) is 20.9 Å². The number of amides is 1. The Kier molecular flexibility index (Phi) is 6.04. The van der Waals surface area contributed by atoms with Gasteiger partial charge >= 0.3 is 0 Å². The highest BCUT2D eigenvalue weighted by Crippen LogP contribution is 2.42. The highest BCUT2D eigenvalue weighted by Gasteiger charge is 2.43. The van der Waals surface area contributed by atoms with Crippen molar-refractivity contribution in [3.05, 3.63) is 30.1 Å². The number of nitrogens with zero attached hydrogens (tertiary/aromatic N) is 3. The van der Waals surface area contributed by atoms with Gasteiger partial charge in [0.15, 0.2) is 0 Å². The lowest BCUT2D eigenvalue weighted by atomic mass is 9.76. The molecule has 1 spiro atoms. The van der Waals surface area contributed by atoms with Crippen LogP contribution in [0.2, 0.25) is 0 Å². The van der Waals surface area contributed by atoms with Gasteiger partial charge in [-0.05, 0) is 50.4 Å². The minimum absolute atomic E-state index is 0.167. The fraction of sp³-hybridized carbons (Fsp3) is 0.684. The summed E-state index contributed by atoms with van der Waals surface area (Å²) in [5, 5.41) is 0. The first-order valence-corrected chi connectivity index (χ1v) is 9.07. The van der Waals surface area contributed by atoms with Crippen LogP contribution in [0.4, 0.5) is 0 Å². The Labute approximate surface area is 150 Å². The number of likely N-dealkylation sites (tertiary alicyclic amines) is 1. The van der Waals surface area contributed by atoms with E-state index in [1.165, 1.54) is 0 Å². The molecule has 6 heteroatoms. The Hall–Kier alpha value is -1.50. The van der Waals surface area contributed by atoms with E-state index < -0.39 is 0 Å². The van der Waals surface area contributed by atoms with Gasteiger partial charge in [-0.3, -0.25) is 9.78 Å². The summed E-state index contributed by atoms with van der Waals surface area (Å²) in [6, 6.07) is 3.94. The van der Waals surface area contributed by atoms with Gasteiger partial charge in [-0.25, -0.2) is 0 Å². The average molecular weight is 347 g/mol. The number of likely N-dealkylation sites (N-methyl/N-ethyl adjacent to an activating group) is 1. The number of rotatable bonds is 6. The molecule has 1 aromatic rings. The van der Waals surface area contributed by atoms with E-state index in [1.54, 1.807) is 6.20 Å². The number of ether oxygens (including phenoxy) is 2. The van der Waals surface area contributed by atoms with Crippen LogP contribution >= 0.6 is 0 Å². The van der Waals surface area contributed by atoms with E-state index in [9.17, 15) is 4.79 Å². The van der Waals surface area contributed by atoms with Crippen molar-refractivity contribution in [2.24, 2.45) is 5.41 Å². The average Bonchev–Trinajstić information content (AvgIpc) is 2.98. The maximum atomic E-state index is 12.2. The van der Waals surface area contributed by atoms with Crippen LogP contribution in [0.3, 0.4) is 0 Å². The molecule has 25 heavy (non-hydrogen) atoms. The molecule has 2 saturated heterocycles. The fourth-order valence-electron chi connectivity index (χ4n) is 3.74. The third kappa shape index (κ3) is 5.00. The molecule has 0 aliphatic carbocycles. The van der Waals surface area contributed by atoms with Gasteiger partial charge in [-0.15, -0.1) is 0 Å². The van der Waals surface area contributed by atoms with E-state index in [-0.39, 0.29) is 17.4 Å². The van der Waals surface area contributed by atoms with Crippen molar-refractivity contribution < 1.29 is 14.3 Å². The molecule has 1 aromatic heterocycles. The van der Waals surface area contributed by atoms with Crippen molar-refractivity contribution in [3.8, 4) is 0 Å². The van der Waals surface area contributed by atoms with Crippen LogP contribution in [-0.4, -0.2) is 73.7 Å². The molecule has 6 nitrogen and oxygen atoms in total. The summed E-state index contributed by atoms with van der Waals surface area (Å²) < 4.78 is 11.8. The lowest BCUT2D eigenvalue weighted by molar-refractivity contribution is -0.134. The second-order valence-electron chi connectivity index (χ2n) is 7.63. The Bertz CT molecular complexity index is 556. The van der Waals surface area contributed by atoms with Crippen molar-refractivity contribution in [1.82, 2.24) is 14.8 Å². The number of hydrogen-bond donors (Lipinski definition) is 0. The van der Waals surface area contributed by atoms with Gasteiger partial charge in [0.25, 0.3) is 0 Å². The smallest absolute Gasteiger partial charge is 0.236 e. The zero-order chi connectivity index (χ0) is 17.7. The van der Waals surface area contributed by atoms with Gasteiger partial charge < -0.3 is 19.3 Å². The lowest BCUT2D eigenvalue weighted by Gasteiger charge is -2.38. The van der Waals surface area contributed by atoms with Crippen molar-refractivity contribution in [2.75, 3.05) is 46.9 Å². The molecule has 3 heterocycles. The zero-order valence-electron chi connectivity index (χ0n) is 15.3. The van der Waals surface area contributed by atoms with E-state index in [4.69, 9.17) is 9.47 Å². The molecular weight excluding hydrogens is 318 g/mol. The molecule has 3 rings (SSSR count). The zero-order valence-corrected chi connectivity index (χ0v) is 15.3. The topological polar surface area (TPSA) is 54.9 Å². The Morgan fingerprint density at radius 1 is 1.44 bits per heavy atom. The molecular formula is C19H29N3O3. The van der Waals surface area contributed by atoms with E-state index in [0.29, 0.717) is 19.8 Å². The molecule has 2 aliphatic rings. The van der Waals surface area contributed by atoms with Crippen LogP contribution in [0, 0.1) is 5.41 Å². The second kappa shape index (κ2) is 8.25. The Morgan fingerprint density at radius 3 is 2.92 bits per heavy atom. The van der Waals surface area contributed by atoms with Crippen LogP contribution in [0.5, 0.6) is 0 Å². The minimum Gasteiger partial charge on any atom is -0.375 e. The van der Waals surface area contributed by atoms with E-state index >= 15 is 0 Å². The molecule has 0 unspecified atom stereocenters. The maximum Gasteiger partial charge on any atom is 0.236 e. The SMILES string of the molecule is CN(C)CC(=O)N1CCC2(CC1)CO[C@@H](COCc1cccnc1)C2. The number of carbonyl (C=O) groups is 1.